The van der Waals surface area contributed by atoms with Crippen molar-refractivity contribution in [2.24, 2.45) is 11.8 Å². The van der Waals surface area contributed by atoms with E-state index >= 15 is 0 Å². The summed E-state index contributed by atoms with van der Waals surface area (Å²) in [5.74, 6) is 0.942. The lowest BCUT2D eigenvalue weighted by molar-refractivity contribution is -0.133. The van der Waals surface area contributed by atoms with E-state index in [1.165, 1.54) is 33.0 Å². The quantitative estimate of drug-likeness (QED) is 0.257. The molecule has 2 aliphatic rings. The third-order valence-electron chi connectivity index (χ3n) is 9.79. The van der Waals surface area contributed by atoms with Crippen LogP contribution < -0.4 is 16.0 Å². The Morgan fingerprint density at radius 1 is 1.02 bits per heavy atom. The van der Waals surface area contributed by atoms with Crippen LogP contribution in [0.3, 0.4) is 0 Å². The van der Waals surface area contributed by atoms with Crippen molar-refractivity contribution >= 4 is 21.7 Å². The van der Waals surface area contributed by atoms with Crippen molar-refractivity contribution in [2.75, 3.05) is 19.3 Å². The number of nitrogens with zero attached hydrogens (tertiary/aromatic N) is 1. The second kappa shape index (κ2) is 15.0. The van der Waals surface area contributed by atoms with Gasteiger partial charge >= 0.3 is 0 Å². The molecule has 4 rings (SSSR count). The second-order valence-electron chi connectivity index (χ2n) is 14.9. The third-order valence-corrected chi connectivity index (χ3v) is 11.9. The highest BCUT2D eigenvalue weighted by Gasteiger charge is 2.45. The number of sulfone groups is 1. The molecule has 2 fully saturated rings. The van der Waals surface area contributed by atoms with Crippen LogP contribution in [0.25, 0.3) is 0 Å². The van der Waals surface area contributed by atoms with E-state index in [0.717, 1.165) is 31.1 Å². The summed E-state index contributed by atoms with van der Waals surface area (Å²) in [6, 6.07) is 10.8. The zero-order valence-corrected chi connectivity index (χ0v) is 29.1. The van der Waals surface area contributed by atoms with E-state index in [-0.39, 0.29) is 25.0 Å². The molecular weight excluding hydrogens is 604 g/mol. The molecule has 1 aromatic heterocycles. The van der Waals surface area contributed by atoms with Gasteiger partial charge < -0.3 is 20.2 Å². The first-order valence-corrected chi connectivity index (χ1v) is 18.5. The summed E-state index contributed by atoms with van der Waals surface area (Å²) in [6.07, 6.45) is 7.27. The normalized spacial score (nSPS) is 23.2. The Labute approximate surface area is 275 Å². The van der Waals surface area contributed by atoms with Crippen LogP contribution in [0, 0.1) is 11.8 Å². The number of furan rings is 1. The fourth-order valence-corrected chi connectivity index (χ4v) is 7.51. The molecule has 10 nitrogen and oxygen atoms in total. The average Bonchev–Trinajstić information content (AvgIpc) is 3.49. The lowest BCUT2D eigenvalue weighted by Crippen LogP contribution is -2.63. The van der Waals surface area contributed by atoms with Gasteiger partial charge in [-0.15, -0.1) is 0 Å². The molecule has 0 bridgehead atoms. The number of aliphatic hydroxyl groups excluding tert-OH is 1. The zero-order chi connectivity index (χ0) is 33.7. The minimum Gasteiger partial charge on any atom is -0.468 e. The second-order valence-corrected chi connectivity index (χ2v) is 17.5. The molecule has 1 saturated heterocycles. The number of carbonyl (C=O) groups is 2. The number of β-amino-alcohol motifs (C(OH)–C–C–N with tert-alkyl or cyclic N) is 1. The van der Waals surface area contributed by atoms with Crippen LogP contribution in [0.15, 0.2) is 53.1 Å². The number of carbonyl (C=O) groups excluding carboxylic acids is 2. The largest absolute Gasteiger partial charge is 0.468 e. The molecule has 11 heteroatoms. The number of hydrogen-bond donors (Lipinski definition) is 4. The van der Waals surface area contributed by atoms with Gasteiger partial charge in [0.25, 0.3) is 0 Å². The maximum absolute atomic E-state index is 14.1. The molecule has 1 aliphatic heterocycles. The van der Waals surface area contributed by atoms with Gasteiger partial charge in [0.1, 0.15) is 11.8 Å². The molecule has 4 N–H and O–H groups in total. The monoisotopic (exact) mass is 658 g/mol. The number of aliphatic hydroxyl groups is 1. The Morgan fingerprint density at radius 2 is 1.70 bits per heavy atom. The molecule has 256 valence electrons. The van der Waals surface area contributed by atoms with E-state index in [0.29, 0.717) is 30.6 Å². The SMILES string of the molecule is CC(C)(C)NC(=O)[C@@H]1CC2CCCCC2CN1C[C@@H](O)[C@H](Cc1ccccc1)NC(=O)[C@@H](NCc1ccco1)C(C)(C)S(C)(=O)=O. The molecule has 2 amide bonds. The molecule has 2 heterocycles. The van der Waals surface area contributed by atoms with Crippen molar-refractivity contribution < 1.29 is 27.5 Å². The first kappa shape index (κ1) is 36.1. The fourth-order valence-electron chi connectivity index (χ4n) is 6.90. The van der Waals surface area contributed by atoms with Crippen molar-refractivity contribution in [1.29, 1.82) is 0 Å². The van der Waals surface area contributed by atoms with Gasteiger partial charge in [-0.2, -0.15) is 0 Å². The van der Waals surface area contributed by atoms with E-state index < -0.39 is 44.2 Å². The van der Waals surface area contributed by atoms with Crippen LogP contribution >= 0.6 is 0 Å². The summed E-state index contributed by atoms with van der Waals surface area (Å²) in [6.45, 7) is 10.0. The van der Waals surface area contributed by atoms with Crippen LogP contribution in [0.4, 0.5) is 0 Å². The molecule has 2 unspecified atom stereocenters. The van der Waals surface area contributed by atoms with E-state index in [9.17, 15) is 23.1 Å². The summed E-state index contributed by atoms with van der Waals surface area (Å²) in [4.78, 5) is 29.8. The zero-order valence-electron chi connectivity index (χ0n) is 28.3. The predicted octanol–water partition coefficient (Wildman–Crippen LogP) is 3.44. The standard InChI is InChI=1S/C35H54N4O6S/c1-34(2,3)38-32(41)29-20-25-15-10-11-16-26(25)22-39(29)23-30(40)28(19-24-13-8-7-9-14-24)37-33(42)31(35(4,5)46(6,43)44)36-21-27-17-12-18-45-27/h7-9,12-14,17-18,25-26,28-31,36,40H,10-11,15-16,19-23H2,1-6H3,(H,37,42)(H,38,41)/t25?,26?,28-,29-,30+,31+/m0/s1. The lowest BCUT2D eigenvalue weighted by Gasteiger charge is -2.47. The predicted molar refractivity (Wildman–Crippen MR) is 180 cm³/mol. The van der Waals surface area contributed by atoms with Crippen LogP contribution in [0.5, 0.6) is 0 Å². The molecule has 1 aliphatic carbocycles. The highest BCUT2D eigenvalue weighted by atomic mass is 32.2. The van der Waals surface area contributed by atoms with E-state index in [2.05, 4.69) is 20.9 Å². The molecule has 0 spiro atoms. The molecule has 1 aromatic carbocycles. The summed E-state index contributed by atoms with van der Waals surface area (Å²) in [5.41, 5.74) is 0.529. The Bertz CT molecular complexity index is 1390. The van der Waals surface area contributed by atoms with Gasteiger partial charge in [0.05, 0.1) is 35.7 Å². The number of hydrogen-bond acceptors (Lipinski definition) is 8. The molecule has 1 saturated carbocycles. The van der Waals surface area contributed by atoms with E-state index in [1.54, 1.807) is 12.1 Å². The topological polar surface area (TPSA) is 141 Å². The van der Waals surface area contributed by atoms with Gasteiger partial charge in [0, 0.05) is 24.9 Å². The van der Waals surface area contributed by atoms with Gasteiger partial charge in [-0.05, 0) is 83.4 Å². The smallest absolute Gasteiger partial charge is 0.239 e. The minimum atomic E-state index is -3.69. The first-order valence-electron chi connectivity index (χ1n) is 16.6. The van der Waals surface area contributed by atoms with Crippen LogP contribution in [-0.4, -0.2) is 84.1 Å². The highest BCUT2D eigenvalue weighted by Crippen LogP contribution is 2.39. The molecule has 0 radical (unpaired) electrons. The fraction of sp³-hybridized carbons (Fsp3) is 0.657. The van der Waals surface area contributed by atoms with Crippen molar-refractivity contribution in [3.05, 3.63) is 60.1 Å². The van der Waals surface area contributed by atoms with Gasteiger partial charge in [-0.1, -0.05) is 49.6 Å². The van der Waals surface area contributed by atoms with Gasteiger partial charge in [0.2, 0.25) is 11.8 Å². The summed E-state index contributed by atoms with van der Waals surface area (Å²) in [7, 11) is -3.69. The van der Waals surface area contributed by atoms with Crippen LogP contribution in [0.2, 0.25) is 0 Å². The Hall–Kier alpha value is -2.73. The maximum atomic E-state index is 14.1. The van der Waals surface area contributed by atoms with Gasteiger partial charge in [-0.3, -0.25) is 19.8 Å². The van der Waals surface area contributed by atoms with Crippen molar-refractivity contribution in [3.63, 3.8) is 0 Å². The van der Waals surface area contributed by atoms with Gasteiger partial charge in [0.15, 0.2) is 9.84 Å². The molecule has 2 aromatic rings. The third kappa shape index (κ3) is 9.42. The van der Waals surface area contributed by atoms with Crippen molar-refractivity contribution in [2.45, 2.75) is 114 Å². The number of benzene rings is 1. The first-order chi connectivity index (χ1) is 21.5. The Kier molecular flexibility index (Phi) is 11.8. The maximum Gasteiger partial charge on any atom is 0.239 e. The molecule has 46 heavy (non-hydrogen) atoms. The van der Waals surface area contributed by atoms with E-state index in [1.807, 2.05) is 51.1 Å². The number of nitrogens with one attached hydrogen (secondary N) is 3. The highest BCUT2D eigenvalue weighted by molar-refractivity contribution is 7.92. The number of likely N-dealkylation sites (tertiary alicyclic amines) is 1. The summed E-state index contributed by atoms with van der Waals surface area (Å²) in [5, 5.41) is 21.2. The lowest BCUT2D eigenvalue weighted by atomic mass is 9.72. The molecular formula is C35H54N4O6S. The summed E-state index contributed by atoms with van der Waals surface area (Å²) < 4.78 is 29.8. The number of piperidine rings is 1. The minimum absolute atomic E-state index is 0.0375. The van der Waals surface area contributed by atoms with Crippen LogP contribution in [0.1, 0.15) is 78.0 Å². The van der Waals surface area contributed by atoms with Crippen LogP contribution in [-0.2, 0) is 32.4 Å². The van der Waals surface area contributed by atoms with Crippen molar-refractivity contribution in [3.8, 4) is 0 Å². The Balaban J connectivity index is 1.59. The van der Waals surface area contributed by atoms with Crippen molar-refractivity contribution in [1.82, 2.24) is 20.9 Å². The summed E-state index contributed by atoms with van der Waals surface area (Å²) >= 11 is 0. The average molecular weight is 659 g/mol. The van der Waals surface area contributed by atoms with E-state index in [4.69, 9.17) is 4.42 Å². The van der Waals surface area contributed by atoms with Gasteiger partial charge in [-0.25, -0.2) is 8.42 Å². The number of fused-ring (bicyclic) bond motifs is 1. The number of rotatable bonds is 13. The molecule has 6 atom stereocenters. The Morgan fingerprint density at radius 3 is 2.30 bits per heavy atom. The number of amides is 2.